The van der Waals surface area contributed by atoms with E-state index in [1.54, 1.807) is 0 Å². The molecular weight excluding hydrogens is 200 g/mol. The lowest BCUT2D eigenvalue weighted by molar-refractivity contribution is -0.239. The van der Waals surface area contributed by atoms with Gasteiger partial charge >= 0.3 is 0 Å². The summed E-state index contributed by atoms with van der Waals surface area (Å²) < 4.78 is 31.2. The number of alkyl halides is 2. The summed E-state index contributed by atoms with van der Waals surface area (Å²) in [6, 6.07) is 0. The van der Waals surface area contributed by atoms with Gasteiger partial charge in [0.25, 0.3) is 0 Å². The van der Waals surface area contributed by atoms with Gasteiger partial charge in [0, 0.05) is 24.8 Å². The molecule has 0 aromatic rings. The Morgan fingerprint density at radius 1 is 1.33 bits per heavy atom. The molecule has 1 atom stereocenters. The monoisotopic (exact) mass is 219 g/mol. The predicted octanol–water partition coefficient (Wildman–Crippen LogP) is 2.19. The van der Waals surface area contributed by atoms with Crippen molar-refractivity contribution in [3.63, 3.8) is 0 Å². The highest BCUT2D eigenvalue weighted by Gasteiger charge is 2.57. The van der Waals surface area contributed by atoms with Gasteiger partial charge in [0.2, 0.25) is 0 Å². The molecule has 2 fully saturated rings. The summed E-state index contributed by atoms with van der Waals surface area (Å²) in [5, 5.41) is 3.26. The van der Waals surface area contributed by atoms with Crippen molar-refractivity contribution in [2.24, 2.45) is 5.41 Å². The Labute approximate surface area is 89.4 Å². The van der Waals surface area contributed by atoms with Crippen molar-refractivity contribution in [3.05, 3.63) is 0 Å². The minimum Gasteiger partial charge on any atom is -0.357 e. The van der Waals surface area contributed by atoms with Crippen LogP contribution in [0.3, 0.4) is 0 Å². The lowest BCUT2D eigenvalue weighted by Crippen LogP contribution is -2.67. The molecule has 1 unspecified atom stereocenters. The molecule has 1 saturated heterocycles. The maximum absolute atomic E-state index is 12.7. The second kappa shape index (κ2) is 3.98. The Balaban J connectivity index is 1.94. The van der Waals surface area contributed by atoms with E-state index in [1.807, 2.05) is 0 Å². The largest absolute Gasteiger partial charge is 0.357 e. The van der Waals surface area contributed by atoms with Gasteiger partial charge in [-0.3, -0.25) is 14.1 Å². The van der Waals surface area contributed by atoms with E-state index in [-0.39, 0.29) is 6.10 Å². The molecule has 0 aromatic heterocycles. The topological polar surface area (TPSA) is 21.3 Å². The van der Waals surface area contributed by atoms with Crippen molar-refractivity contribution in [3.8, 4) is 0 Å². The van der Waals surface area contributed by atoms with Crippen LogP contribution in [-0.2, 0) is 4.74 Å². The van der Waals surface area contributed by atoms with E-state index < -0.39 is 24.5 Å². The van der Waals surface area contributed by atoms with Crippen LogP contribution < -0.4 is 5.32 Å². The number of hydrogen-bond donors (Lipinski definition) is 1. The minimum absolute atomic E-state index is 0.253. The average Bonchev–Trinajstić information content (AvgIpc) is 2.25. The molecule has 15 heavy (non-hydrogen) atoms. The molecule has 1 aliphatic carbocycles. The van der Waals surface area contributed by atoms with Gasteiger partial charge in [-0.15, -0.1) is 0 Å². The summed E-state index contributed by atoms with van der Waals surface area (Å²) >= 11 is 0. The summed E-state index contributed by atoms with van der Waals surface area (Å²) in [6.07, 6.45) is 3.18. The van der Waals surface area contributed by atoms with E-state index in [0.29, 0.717) is 12.8 Å². The molecule has 0 bridgehead atoms. The van der Waals surface area contributed by atoms with E-state index in [0.717, 1.165) is 19.4 Å². The van der Waals surface area contributed by atoms with Crippen LogP contribution >= 0.6 is 0 Å². The quantitative estimate of drug-likeness (QED) is 0.785. The van der Waals surface area contributed by atoms with Crippen LogP contribution in [0, 0.1) is 5.41 Å². The number of ether oxygens (including phenoxy) is 1. The zero-order valence-electron chi connectivity index (χ0n) is 9.19. The smallest absolute Gasteiger partial charge is 0.121 e. The molecule has 88 valence electrons. The third-order valence-corrected chi connectivity index (χ3v) is 3.65. The normalized spacial score (nSPS) is 32.6. The first-order valence-corrected chi connectivity index (χ1v) is 5.72. The Hall–Kier alpha value is -0.220. The first-order valence-electron chi connectivity index (χ1n) is 5.72. The van der Waals surface area contributed by atoms with Crippen molar-refractivity contribution in [2.75, 3.05) is 19.9 Å². The van der Waals surface area contributed by atoms with Crippen molar-refractivity contribution in [1.29, 1.82) is 0 Å². The fourth-order valence-corrected chi connectivity index (χ4v) is 2.76. The van der Waals surface area contributed by atoms with Gasteiger partial charge in [0.1, 0.15) is 5.72 Å². The first-order chi connectivity index (χ1) is 7.17. The SMILES string of the molecule is CCC1CCNC2(CC(CF)(CF)C2)O1. The average molecular weight is 219 g/mol. The fourth-order valence-electron chi connectivity index (χ4n) is 2.76. The number of halogens is 2. The van der Waals surface area contributed by atoms with Crippen LogP contribution in [0.4, 0.5) is 8.78 Å². The van der Waals surface area contributed by atoms with Crippen LogP contribution in [0.5, 0.6) is 0 Å². The predicted molar refractivity (Wildman–Crippen MR) is 54.1 cm³/mol. The van der Waals surface area contributed by atoms with Crippen LogP contribution in [0.2, 0.25) is 0 Å². The van der Waals surface area contributed by atoms with E-state index in [2.05, 4.69) is 12.2 Å². The van der Waals surface area contributed by atoms with E-state index in [9.17, 15) is 8.78 Å². The lowest BCUT2D eigenvalue weighted by atomic mass is 9.64. The summed E-state index contributed by atoms with van der Waals surface area (Å²) in [5.74, 6) is 0. The van der Waals surface area contributed by atoms with Gasteiger partial charge in [-0.05, 0) is 12.8 Å². The molecule has 1 saturated carbocycles. The Kier molecular flexibility index (Phi) is 2.99. The Morgan fingerprint density at radius 2 is 2.00 bits per heavy atom. The summed E-state index contributed by atoms with van der Waals surface area (Å²) in [7, 11) is 0. The highest BCUT2D eigenvalue weighted by atomic mass is 19.1. The van der Waals surface area contributed by atoms with Gasteiger partial charge < -0.3 is 4.74 Å². The van der Waals surface area contributed by atoms with Crippen LogP contribution in [0.1, 0.15) is 32.6 Å². The van der Waals surface area contributed by atoms with Gasteiger partial charge in [-0.1, -0.05) is 6.92 Å². The third-order valence-electron chi connectivity index (χ3n) is 3.65. The van der Waals surface area contributed by atoms with E-state index in [1.165, 1.54) is 0 Å². The lowest BCUT2D eigenvalue weighted by Gasteiger charge is -2.56. The molecule has 1 heterocycles. The van der Waals surface area contributed by atoms with Crippen LogP contribution in [0.25, 0.3) is 0 Å². The van der Waals surface area contributed by atoms with Gasteiger partial charge in [-0.25, -0.2) is 0 Å². The van der Waals surface area contributed by atoms with Crippen LogP contribution in [0.15, 0.2) is 0 Å². The molecule has 4 heteroatoms. The zero-order valence-corrected chi connectivity index (χ0v) is 9.19. The van der Waals surface area contributed by atoms with Gasteiger partial charge in [0.05, 0.1) is 19.5 Å². The third kappa shape index (κ3) is 1.89. The maximum Gasteiger partial charge on any atom is 0.121 e. The molecule has 1 N–H and O–H groups in total. The standard InChI is InChI=1S/C11H19F2NO/c1-2-9-3-4-14-11(15-9)5-10(6-11,7-12)8-13/h9,14H,2-8H2,1H3. The molecule has 1 aliphatic heterocycles. The molecule has 0 amide bonds. The highest BCUT2D eigenvalue weighted by Crippen LogP contribution is 2.51. The summed E-state index contributed by atoms with van der Waals surface area (Å²) in [4.78, 5) is 0. The highest BCUT2D eigenvalue weighted by molar-refractivity contribution is 5.05. The second-order valence-corrected chi connectivity index (χ2v) is 4.98. The molecule has 2 nitrogen and oxygen atoms in total. The van der Waals surface area contributed by atoms with Crippen molar-refractivity contribution in [1.82, 2.24) is 5.32 Å². The molecule has 0 radical (unpaired) electrons. The molecule has 2 aliphatic rings. The number of hydrogen-bond acceptors (Lipinski definition) is 2. The van der Waals surface area contributed by atoms with Crippen molar-refractivity contribution >= 4 is 0 Å². The van der Waals surface area contributed by atoms with E-state index >= 15 is 0 Å². The Morgan fingerprint density at radius 3 is 2.53 bits per heavy atom. The fraction of sp³-hybridized carbons (Fsp3) is 1.00. The summed E-state index contributed by atoms with van der Waals surface area (Å²) in [6.45, 7) is 1.83. The van der Waals surface area contributed by atoms with Gasteiger partial charge in [0.15, 0.2) is 0 Å². The number of rotatable bonds is 3. The zero-order chi connectivity index (χ0) is 10.9. The molecular formula is C11H19F2NO. The van der Waals surface area contributed by atoms with Crippen molar-refractivity contribution < 1.29 is 13.5 Å². The first kappa shape index (κ1) is 11.3. The minimum atomic E-state index is -0.761. The molecule has 2 rings (SSSR count). The second-order valence-electron chi connectivity index (χ2n) is 4.98. The van der Waals surface area contributed by atoms with Crippen LogP contribution in [-0.4, -0.2) is 31.7 Å². The maximum atomic E-state index is 12.7. The number of nitrogens with one attached hydrogen (secondary N) is 1. The summed E-state index contributed by atoms with van der Waals surface area (Å²) in [5.41, 5.74) is -1.18. The Bertz CT molecular complexity index is 223. The van der Waals surface area contributed by atoms with E-state index in [4.69, 9.17) is 4.74 Å². The van der Waals surface area contributed by atoms with Crippen molar-refractivity contribution in [2.45, 2.75) is 44.4 Å². The van der Waals surface area contributed by atoms with Gasteiger partial charge in [-0.2, -0.15) is 0 Å². The molecule has 1 spiro atoms. The molecule has 0 aromatic carbocycles.